The molecule has 1 fully saturated rings. The van der Waals surface area contributed by atoms with Crippen LogP contribution in [0.3, 0.4) is 0 Å². The van der Waals surface area contributed by atoms with Gasteiger partial charge in [0.05, 0.1) is 0 Å². The maximum Gasteiger partial charge on any atom is 0.0322 e. The monoisotopic (exact) mass is 217 g/mol. The molecule has 0 aliphatic heterocycles. The Morgan fingerprint density at radius 1 is 1.19 bits per heavy atom. The van der Waals surface area contributed by atoms with Crippen LogP contribution in [0.5, 0.6) is 0 Å². The third kappa shape index (κ3) is 3.64. The molecule has 0 aromatic heterocycles. The molecule has 1 aliphatic rings. The second-order valence-corrected chi connectivity index (χ2v) is 5.44. The summed E-state index contributed by atoms with van der Waals surface area (Å²) in [7, 11) is 0. The van der Waals surface area contributed by atoms with Crippen molar-refractivity contribution in [3.05, 3.63) is 35.9 Å². The second-order valence-electron chi connectivity index (χ2n) is 5.44. The number of rotatable bonds is 6. The van der Waals surface area contributed by atoms with E-state index in [2.05, 4.69) is 49.5 Å². The Labute approximate surface area is 99.3 Å². The number of hydrogen-bond acceptors (Lipinski definition) is 1. The van der Waals surface area contributed by atoms with Gasteiger partial charge in [0, 0.05) is 6.04 Å². The molecule has 1 N–H and O–H groups in total. The SMILES string of the molecule is CC(C)CC(NCC1CC1)c1ccccc1. The molecule has 0 saturated heterocycles. The van der Waals surface area contributed by atoms with Crippen molar-refractivity contribution in [2.45, 2.75) is 39.2 Å². The summed E-state index contributed by atoms with van der Waals surface area (Å²) >= 11 is 0. The summed E-state index contributed by atoms with van der Waals surface area (Å²) in [5.74, 6) is 1.70. The molecule has 1 saturated carbocycles. The van der Waals surface area contributed by atoms with Crippen LogP contribution in [0.15, 0.2) is 30.3 Å². The van der Waals surface area contributed by atoms with Crippen LogP contribution in [0.1, 0.15) is 44.7 Å². The molecule has 1 aliphatic carbocycles. The molecule has 1 aromatic rings. The lowest BCUT2D eigenvalue weighted by atomic mass is 9.97. The Morgan fingerprint density at radius 2 is 1.88 bits per heavy atom. The maximum absolute atomic E-state index is 3.73. The minimum absolute atomic E-state index is 0.543. The fourth-order valence-electron chi connectivity index (χ4n) is 2.12. The fourth-order valence-corrected chi connectivity index (χ4v) is 2.12. The predicted molar refractivity (Wildman–Crippen MR) is 69.4 cm³/mol. The van der Waals surface area contributed by atoms with Crippen LogP contribution in [-0.4, -0.2) is 6.54 Å². The summed E-state index contributed by atoms with van der Waals surface area (Å²) in [5.41, 5.74) is 1.44. The molecule has 0 heterocycles. The van der Waals surface area contributed by atoms with Gasteiger partial charge in [0.2, 0.25) is 0 Å². The summed E-state index contributed by atoms with van der Waals surface area (Å²) in [6, 6.07) is 11.4. The zero-order valence-electron chi connectivity index (χ0n) is 10.4. The molecule has 1 aromatic carbocycles. The van der Waals surface area contributed by atoms with Crippen molar-refractivity contribution in [3.63, 3.8) is 0 Å². The van der Waals surface area contributed by atoms with Crippen molar-refractivity contribution in [1.82, 2.24) is 5.32 Å². The van der Waals surface area contributed by atoms with E-state index in [4.69, 9.17) is 0 Å². The largest absolute Gasteiger partial charge is 0.310 e. The van der Waals surface area contributed by atoms with Gasteiger partial charge in [0.25, 0.3) is 0 Å². The molecule has 2 rings (SSSR count). The first-order chi connectivity index (χ1) is 7.75. The van der Waals surface area contributed by atoms with Crippen LogP contribution in [-0.2, 0) is 0 Å². The van der Waals surface area contributed by atoms with E-state index >= 15 is 0 Å². The van der Waals surface area contributed by atoms with E-state index < -0.39 is 0 Å². The quantitative estimate of drug-likeness (QED) is 0.764. The lowest BCUT2D eigenvalue weighted by molar-refractivity contribution is 0.423. The highest BCUT2D eigenvalue weighted by atomic mass is 14.9. The van der Waals surface area contributed by atoms with E-state index in [1.54, 1.807) is 0 Å². The van der Waals surface area contributed by atoms with E-state index in [9.17, 15) is 0 Å². The van der Waals surface area contributed by atoms with Crippen molar-refractivity contribution in [2.75, 3.05) is 6.54 Å². The van der Waals surface area contributed by atoms with Crippen LogP contribution in [0.2, 0.25) is 0 Å². The van der Waals surface area contributed by atoms with E-state index in [1.807, 2.05) is 0 Å². The molecular formula is C15H23N. The van der Waals surface area contributed by atoms with Gasteiger partial charge in [-0.25, -0.2) is 0 Å². The van der Waals surface area contributed by atoms with Crippen LogP contribution in [0.25, 0.3) is 0 Å². The number of benzene rings is 1. The zero-order valence-corrected chi connectivity index (χ0v) is 10.4. The first kappa shape index (κ1) is 11.7. The van der Waals surface area contributed by atoms with Crippen molar-refractivity contribution < 1.29 is 0 Å². The highest BCUT2D eigenvalue weighted by Crippen LogP contribution is 2.29. The van der Waals surface area contributed by atoms with E-state index in [1.165, 1.54) is 31.4 Å². The standard InChI is InChI=1S/C15H23N/c1-12(2)10-15(16-11-13-8-9-13)14-6-4-3-5-7-14/h3-7,12-13,15-16H,8-11H2,1-2H3. The van der Waals surface area contributed by atoms with E-state index in [0.29, 0.717) is 6.04 Å². The predicted octanol–water partition coefficient (Wildman–Crippen LogP) is 3.77. The first-order valence-electron chi connectivity index (χ1n) is 6.54. The highest BCUT2D eigenvalue weighted by Gasteiger charge is 2.22. The smallest absolute Gasteiger partial charge is 0.0322 e. The molecule has 0 amide bonds. The Kier molecular flexibility index (Phi) is 4.00. The van der Waals surface area contributed by atoms with Crippen LogP contribution in [0, 0.1) is 11.8 Å². The summed E-state index contributed by atoms with van der Waals surface area (Å²) in [6.07, 6.45) is 4.09. The highest BCUT2D eigenvalue weighted by molar-refractivity contribution is 5.18. The molecule has 1 heteroatoms. The average molecular weight is 217 g/mol. The van der Waals surface area contributed by atoms with Gasteiger partial charge in [0.1, 0.15) is 0 Å². The Bertz CT molecular complexity index is 300. The van der Waals surface area contributed by atoms with E-state index in [0.717, 1.165) is 11.8 Å². The van der Waals surface area contributed by atoms with Crippen LogP contribution >= 0.6 is 0 Å². The molecule has 16 heavy (non-hydrogen) atoms. The van der Waals surface area contributed by atoms with Crippen LogP contribution < -0.4 is 5.32 Å². The van der Waals surface area contributed by atoms with Gasteiger partial charge in [-0.3, -0.25) is 0 Å². The van der Waals surface area contributed by atoms with Gasteiger partial charge in [0.15, 0.2) is 0 Å². The topological polar surface area (TPSA) is 12.0 Å². The van der Waals surface area contributed by atoms with Crippen molar-refractivity contribution >= 4 is 0 Å². The van der Waals surface area contributed by atoms with Crippen molar-refractivity contribution in [2.24, 2.45) is 11.8 Å². The van der Waals surface area contributed by atoms with E-state index in [-0.39, 0.29) is 0 Å². The summed E-state index contributed by atoms with van der Waals surface area (Å²) in [5, 5.41) is 3.73. The lowest BCUT2D eigenvalue weighted by Gasteiger charge is -2.21. The third-order valence-electron chi connectivity index (χ3n) is 3.26. The van der Waals surface area contributed by atoms with Gasteiger partial charge in [-0.15, -0.1) is 0 Å². The summed E-state index contributed by atoms with van der Waals surface area (Å²) in [6.45, 7) is 5.80. The maximum atomic E-state index is 3.73. The summed E-state index contributed by atoms with van der Waals surface area (Å²) in [4.78, 5) is 0. The minimum atomic E-state index is 0.543. The van der Waals surface area contributed by atoms with Crippen molar-refractivity contribution in [1.29, 1.82) is 0 Å². The Morgan fingerprint density at radius 3 is 2.44 bits per heavy atom. The number of nitrogens with one attached hydrogen (secondary N) is 1. The average Bonchev–Trinajstić information content (AvgIpc) is 3.09. The molecule has 1 unspecified atom stereocenters. The van der Waals surface area contributed by atoms with Crippen LogP contribution in [0.4, 0.5) is 0 Å². The zero-order chi connectivity index (χ0) is 11.4. The molecule has 88 valence electrons. The summed E-state index contributed by atoms with van der Waals surface area (Å²) < 4.78 is 0. The molecule has 1 nitrogen and oxygen atoms in total. The molecule has 0 radical (unpaired) electrons. The van der Waals surface area contributed by atoms with Gasteiger partial charge >= 0.3 is 0 Å². The molecule has 0 spiro atoms. The Balaban J connectivity index is 1.95. The molecule has 1 atom stereocenters. The third-order valence-corrected chi connectivity index (χ3v) is 3.26. The Hall–Kier alpha value is -0.820. The molecule has 0 bridgehead atoms. The van der Waals surface area contributed by atoms with Gasteiger partial charge < -0.3 is 5.32 Å². The van der Waals surface area contributed by atoms with Crippen molar-refractivity contribution in [3.8, 4) is 0 Å². The number of hydrogen-bond donors (Lipinski definition) is 1. The minimum Gasteiger partial charge on any atom is -0.310 e. The first-order valence-corrected chi connectivity index (χ1v) is 6.54. The second kappa shape index (κ2) is 5.49. The molecular weight excluding hydrogens is 194 g/mol. The normalized spacial score (nSPS) is 17.7. The van der Waals surface area contributed by atoms with Gasteiger partial charge in [-0.1, -0.05) is 44.2 Å². The van der Waals surface area contributed by atoms with Gasteiger partial charge in [-0.05, 0) is 43.2 Å². The fraction of sp³-hybridized carbons (Fsp3) is 0.600. The van der Waals surface area contributed by atoms with Gasteiger partial charge in [-0.2, -0.15) is 0 Å². The lowest BCUT2D eigenvalue weighted by Crippen LogP contribution is -2.24.